The number of benzene rings is 1. The molecule has 2 rings (SSSR count). The number of carbonyl (C=O) groups is 1. The fourth-order valence-corrected chi connectivity index (χ4v) is 2.33. The van der Waals surface area contributed by atoms with Crippen LogP contribution in [0.25, 0.3) is 0 Å². The Bertz CT molecular complexity index is 477. The van der Waals surface area contributed by atoms with Gasteiger partial charge in [-0.15, -0.1) is 0 Å². The molecule has 0 atom stereocenters. The number of fused-ring (bicyclic) bond motifs is 1. The minimum Gasteiger partial charge on any atom is -0.484 e. The SMILES string of the molecule is CC(=O)c1ccc2c(c1)N(C(C)C)CC(C)(C)O2. The third kappa shape index (κ3) is 2.35. The fourth-order valence-electron chi connectivity index (χ4n) is 2.33. The van der Waals surface area contributed by atoms with Gasteiger partial charge in [0.05, 0.1) is 12.2 Å². The molecule has 3 nitrogen and oxygen atoms in total. The Morgan fingerprint density at radius 3 is 2.61 bits per heavy atom. The van der Waals surface area contributed by atoms with Gasteiger partial charge in [-0.05, 0) is 52.8 Å². The lowest BCUT2D eigenvalue weighted by atomic mass is 10.0. The first-order valence-corrected chi connectivity index (χ1v) is 6.41. The highest BCUT2D eigenvalue weighted by Crippen LogP contribution is 2.38. The van der Waals surface area contributed by atoms with Gasteiger partial charge in [-0.25, -0.2) is 0 Å². The van der Waals surface area contributed by atoms with E-state index in [-0.39, 0.29) is 11.4 Å². The number of anilines is 1. The van der Waals surface area contributed by atoms with Crippen LogP contribution in [0, 0.1) is 0 Å². The predicted octanol–water partition coefficient (Wildman–Crippen LogP) is 3.28. The van der Waals surface area contributed by atoms with E-state index in [0.29, 0.717) is 6.04 Å². The van der Waals surface area contributed by atoms with Gasteiger partial charge >= 0.3 is 0 Å². The van der Waals surface area contributed by atoms with Crippen molar-refractivity contribution >= 4 is 11.5 Å². The number of hydrogen-bond donors (Lipinski definition) is 0. The summed E-state index contributed by atoms with van der Waals surface area (Å²) in [7, 11) is 0. The molecule has 0 fully saturated rings. The Labute approximate surface area is 109 Å². The van der Waals surface area contributed by atoms with Gasteiger partial charge < -0.3 is 9.64 Å². The quantitative estimate of drug-likeness (QED) is 0.751. The lowest BCUT2D eigenvalue weighted by molar-refractivity contribution is 0.101. The van der Waals surface area contributed by atoms with Gasteiger partial charge in [-0.1, -0.05) is 0 Å². The maximum Gasteiger partial charge on any atom is 0.159 e. The van der Waals surface area contributed by atoms with Crippen molar-refractivity contribution in [1.82, 2.24) is 0 Å². The van der Waals surface area contributed by atoms with E-state index in [2.05, 4.69) is 32.6 Å². The molecule has 18 heavy (non-hydrogen) atoms. The first kappa shape index (κ1) is 12.9. The fraction of sp³-hybridized carbons (Fsp3) is 0.533. The Morgan fingerprint density at radius 2 is 2.06 bits per heavy atom. The van der Waals surface area contributed by atoms with Crippen molar-refractivity contribution < 1.29 is 9.53 Å². The molecule has 0 radical (unpaired) electrons. The van der Waals surface area contributed by atoms with Crippen molar-refractivity contribution in [2.24, 2.45) is 0 Å². The third-order valence-electron chi connectivity index (χ3n) is 3.24. The molecular weight excluding hydrogens is 226 g/mol. The average molecular weight is 247 g/mol. The third-order valence-corrected chi connectivity index (χ3v) is 3.24. The number of Topliss-reactive ketones (excluding diaryl/α,β-unsaturated/α-hetero) is 1. The molecule has 0 aliphatic carbocycles. The second-order valence-electron chi connectivity index (χ2n) is 5.82. The Kier molecular flexibility index (Phi) is 3.09. The summed E-state index contributed by atoms with van der Waals surface area (Å²) >= 11 is 0. The number of hydrogen-bond acceptors (Lipinski definition) is 3. The molecular formula is C15H21NO2. The molecule has 0 unspecified atom stereocenters. The van der Waals surface area contributed by atoms with E-state index < -0.39 is 0 Å². The van der Waals surface area contributed by atoms with Crippen LogP contribution < -0.4 is 9.64 Å². The van der Waals surface area contributed by atoms with Crippen molar-refractivity contribution in [2.75, 3.05) is 11.4 Å². The van der Waals surface area contributed by atoms with Crippen LogP contribution in [0.4, 0.5) is 5.69 Å². The summed E-state index contributed by atoms with van der Waals surface area (Å²) in [6.45, 7) is 10.9. The second-order valence-corrected chi connectivity index (χ2v) is 5.82. The van der Waals surface area contributed by atoms with Crippen LogP contribution in [0.5, 0.6) is 5.75 Å². The van der Waals surface area contributed by atoms with Crippen LogP contribution in [-0.2, 0) is 0 Å². The predicted molar refractivity (Wildman–Crippen MR) is 73.6 cm³/mol. The lowest BCUT2D eigenvalue weighted by Gasteiger charge is -2.43. The molecule has 1 aliphatic rings. The number of ether oxygens (including phenoxy) is 1. The molecule has 0 N–H and O–H groups in total. The molecule has 0 spiro atoms. The van der Waals surface area contributed by atoms with E-state index in [1.54, 1.807) is 6.92 Å². The zero-order valence-corrected chi connectivity index (χ0v) is 11.8. The molecule has 1 aliphatic heterocycles. The Morgan fingerprint density at radius 1 is 1.39 bits per heavy atom. The molecule has 0 aromatic heterocycles. The first-order chi connectivity index (χ1) is 8.30. The maximum atomic E-state index is 11.5. The van der Waals surface area contributed by atoms with E-state index in [9.17, 15) is 4.79 Å². The van der Waals surface area contributed by atoms with Gasteiger partial charge in [-0.2, -0.15) is 0 Å². The van der Waals surface area contributed by atoms with Crippen LogP contribution in [0.2, 0.25) is 0 Å². The van der Waals surface area contributed by atoms with Crippen molar-refractivity contribution in [3.63, 3.8) is 0 Å². The van der Waals surface area contributed by atoms with Gasteiger partial charge in [0.15, 0.2) is 5.78 Å². The summed E-state index contributed by atoms with van der Waals surface area (Å²) in [6, 6.07) is 6.06. The van der Waals surface area contributed by atoms with Crippen molar-refractivity contribution in [3.05, 3.63) is 23.8 Å². The number of rotatable bonds is 2. The maximum absolute atomic E-state index is 11.5. The summed E-state index contributed by atoms with van der Waals surface area (Å²) in [6.07, 6.45) is 0. The Balaban J connectivity index is 2.50. The van der Waals surface area contributed by atoms with Crippen LogP contribution in [-0.4, -0.2) is 24.0 Å². The summed E-state index contributed by atoms with van der Waals surface area (Å²) in [4.78, 5) is 13.8. The monoisotopic (exact) mass is 247 g/mol. The van der Waals surface area contributed by atoms with Gasteiger partial charge in [0, 0.05) is 11.6 Å². The van der Waals surface area contributed by atoms with E-state index in [1.165, 1.54) is 0 Å². The normalized spacial score (nSPS) is 17.3. The molecule has 0 saturated carbocycles. The molecule has 0 amide bonds. The number of carbonyl (C=O) groups excluding carboxylic acids is 1. The molecule has 1 aromatic carbocycles. The summed E-state index contributed by atoms with van der Waals surface area (Å²) in [5.74, 6) is 0.955. The minimum absolute atomic E-state index is 0.0892. The molecule has 98 valence electrons. The van der Waals surface area contributed by atoms with Crippen LogP contribution in [0.15, 0.2) is 18.2 Å². The molecule has 1 aromatic rings. The molecule has 1 heterocycles. The first-order valence-electron chi connectivity index (χ1n) is 6.41. The molecule has 0 saturated heterocycles. The zero-order valence-electron chi connectivity index (χ0n) is 11.8. The van der Waals surface area contributed by atoms with Gasteiger partial charge in [0.25, 0.3) is 0 Å². The van der Waals surface area contributed by atoms with E-state index >= 15 is 0 Å². The van der Waals surface area contributed by atoms with Crippen LogP contribution in [0.3, 0.4) is 0 Å². The van der Waals surface area contributed by atoms with Gasteiger partial charge in [-0.3, -0.25) is 4.79 Å². The molecule has 3 heteroatoms. The highest BCUT2D eigenvalue weighted by atomic mass is 16.5. The van der Waals surface area contributed by atoms with Crippen molar-refractivity contribution in [3.8, 4) is 5.75 Å². The average Bonchev–Trinajstić information content (AvgIpc) is 2.25. The van der Waals surface area contributed by atoms with E-state index in [0.717, 1.165) is 23.5 Å². The number of ketones is 1. The van der Waals surface area contributed by atoms with E-state index in [4.69, 9.17) is 4.74 Å². The topological polar surface area (TPSA) is 29.5 Å². The van der Waals surface area contributed by atoms with E-state index in [1.807, 2.05) is 18.2 Å². The smallest absolute Gasteiger partial charge is 0.159 e. The highest BCUT2D eigenvalue weighted by Gasteiger charge is 2.33. The minimum atomic E-state index is -0.199. The highest BCUT2D eigenvalue weighted by molar-refractivity contribution is 5.95. The summed E-state index contributed by atoms with van der Waals surface area (Å²) in [5, 5.41) is 0. The Hall–Kier alpha value is -1.51. The largest absolute Gasteiger partial charge is 0.484 e. The zero-order chi connectivity index (χ0) is 13.5. The van der Waals surface area contributed by atoms with Crippen molar-refractivity contribution in [1.29, 1.82) is 0 Å². The van der Waals surface area contributed by atoms with Gasteiger partial charge in [0.2, 0.25) is 0 Å². The van der Waals surface area contributed by atoms with Gasteiger partial charge in [0.1, 0.15) is 11.4 Å². The van der Waals surface area contributed by atoms with Crippen LogP contribution in [0.1, 0.15) is 45.0 Å². The van der Waals surface area contributed by atoms with Crippen LogP contribution >= 0.6 is 0 Å². The summed E-state index contributed by atoms with van der Waals surface area (Å²) in [5.41, 5.74) is 1.56. The number of nitrogens with zero attached hydrogens (tertiary/aromatic N) is 1. The second kappa shape index (κ2) is 4.30. The lowest BCUT2D eigenvalue weighted by Crippen LogP contribution is -2.49. The standard InChI is InChI=1S/C15H21NO2/c1-10(2)16-9-15(4,5)18-14-7-6-12(11(3)17)8-13(14)16/h6-8,10H,9H2,1-5H3. The molecule has 0 bridgehead atoms. The summed E-state index contributed by atoms with van der Waals surface area (Å²) < 4.78 is 5.98. The van der Waals surface area contributed by atoms with Crippen molar-refractivity contribution in [2.45, 2.75) is 46.3 Å².